The Labute approximate surface area is 118 Å². The van der Waals surface area contributed by atoms with Crippen molar-refractivity contribution >= 4 is 21.4 Å². The van der Waals surface area contributed by atoms with Gasteiger partial charge in [0, 0.05) is 37.7 Å². The average molecular weight is 294 g/mol. The number of nitrogens with one attached hydrogen (secondary N) is 1. The van der Waals surface area contributed by atoms with Crippen molar-refractivity contribution in [3.05, 3.63) is 29.8 Å². The van der Waals surface area contributed by atoms with Gasteiger partial charge in [-0.15, -0.1) is 0 Å². The number of hydrogen-bond donors (Lipinski definition) is 1. The molecule has 1 fully saturated rings. The summed E-state index contributed by atoms with van der Waals surface area (Å²) in [7, 11) is -2.93. The predicted molar refractivity (Wildman–Crippen MR) is 77.5 cm³/mol. The number of nitrogens with zero attached hydrogens (tertiary/aromatic N) is 1. The lowest BCUT2D eigenvalue weighted by Crippen LogP contribution is -2.44. The van der Waals surface area contributed by atoms with Crippen LogP contribution in [0.3, 0.4) is 0 Å². The molecule has 1 saturated heterocycles. The molecule has 1 unspecified atom stereocenters. The van der Waals surface area contributed by atoms with E-state index in [2.05, 4.69) is 5.32 Å². The van der Waals surface area contributed by atoms with E-state index in [-0.39, 0.29) is 23.3 Å². The summed E-state index contributed by atoms with van der Waals surface area (Å²) in [6.07, 6.45) is 0.448. The van der Waals surface area contributed by atoms with Gasteiger partial charge in [-0.05, 0) is 11.6 Å². The number of carbonyl (C=O) groups excluding carboxylic acids is 1. The molecule has 0 spiro atoms. The van der Waals surface area contributed by atoms with Crippen molar-refractivity contribution in [2.45, 2.75) is 12.3 Å². The first-order chi connectivity index (χ1) is 9.55. The van der Waals surface area contributed by atoms with E-state index in [1.807, 2.05) is 24.3 Å². The summed E-state index contributed by atoms with van der Waals surface area (Å²) in [5.74, 6) is 0.442. The van der Waals surface area contributed by atoms with Gasteiger partial charge in [-0.1, -0.05) is 18.2 Å². The fraction of sp³-hybridized carbons (Fsp3) is 0.500. The molecule has 1 aromatic carbocycles. The third kappa shape index (κ3) is 2.65. The van der Waals surface area contributed by atoms with Crippen LogP contribution in [0.15, 0.2) is 24.3 Å². The van der Waals surface area contributed by atoms with Crippen LogP contribution in [0, 0.1) is 0 Å². The van der Waals surface area contributed by atoms with Gasteiger partial charge in [-0.2, -0.15) is 0 Å². The zero-order chi connectivity index (χ0) is 14.2. The molecule has 0 saturated carbocycles. The highest BCUT2D eigenvalue weighted by Gasteiger charge is 2.29. The van der Waals surface area contributed by atoms with Crippen LogP contribution in [0.2, 0.25) is 0 Å². The zero-order valence-corrected chi connectivity index (χ0v) is 12.0. The average Bonchev–Trinajstić information content (AvgIpc) is 2.82. The summed E-state index contributed by atoms with van der Waals surface area (Å²) in [6, 6.07) is 8.03. The van der Waals surface area contributed by atoms with Crippen LogP contribution >= 0.6 is 0 Å². The van der Waals surface area contributed by atoms with Crippen molar-refractivity contribution < 1.29 is 13.2 Å². The minimum atomic E-state index is -2.93. The van der Waals surface area contributed by atoms with Gasteiger partial charge in [0.05, 0.1) is 11.5 Å². The van der Waals surface area contributed by atoms with E-state index in [9.17, 15) is 13.2 Å². The van der Waals surface area contributed by atoms with Crippen LogP contribution in [-0.4, -0.2) is 50.4 Å². The Hall–Kier alpha value is -1.56. The highest BCUT2D eigenvalue weighted by atomic mass is 32.2. The van der Waals surface area contributed by atoms with Crippen LogP contribution in [-0.2, 0) is 14.6 Å². The second-order valence-electron chi connectivity index (χ2n) is 5.40. The largest absolute Gasteiger partial charge is 0.384 e. The number of hydrogen-bond acceptors (Lipinski definition) is 4. The Kier molecular flexibility index (Phi) is 3.41. The number of fused-ring (bicyclic) bond motifs is 1. The van der Waals surface area contributed by atoms with Crippen LogP contribution in [0.5, 0.6) is 0 Å². The number of benzene rings is 1. The van der Waals surface area contributed by atoms with Crippen molar-refractivity contribution in [3.63, 3.8) is 0 Å². The third-order valence-electron chi connectivity index (χ3n) is 4.06. The maximum Gasteiger partial charge on any atom is 0.223 e. The van der Waals surface area contributed by atoms with Crippen LogP contribution in [0.25, 0.3) is 0 Å². The molecule has 0 bridgehead atoms. The molecule has 2 aliphatic rings. The van der Waals surface area contributed by atoms with Gasteiger partial charge < -0.3 is 10.2 Å². The molecule has 1 atom stereocenters. The fourth-order valence-corrected chi connectivity index (χ4v) is 4.04. The Bertz CT molecular complexity index is 613. The van der Waals surface area contributed by atoms with Gasteiger partial charge in [0.2, 0.25) is 5.91 Å². The van der Waals surface area contributed by atoms with Gasteiger partial charge in [0.1, 0.15) is 0 Å². The topological polar surface area (TPSA) is 66.5 Å². The molecule has 2 aliphatic heterocycles. The molecule has 0 aromatic heterocycles. The fourth-order valence-electron chi connectivity index (χ4n) is 2.84. The Morgan fingerprint density at radius 1 is 1.25 bits per heavy atom. The standard InChI is InChI=1S/C14H18N2O3S/c17-14(16-5-7-20(18,19)8-6-16)9-11-10-15-13-4-2-1-3-12(11)13/h1-4,11,15H,5-10H2. The van der Waals surface area contributed by atoms with Crippen molar-refractivity contribution in [1.29, 1.82) is 0 Å². The Morgan fingerprint density at radius 3 is 2.70 bits per heavy atom. The number of rotatable bonds is 2. The lowest BCUT2D eigenvalue weighted by molar-refractivity contribution is -0.131. The summed E-state index contributed by atoms with van der Waals surface area (Å²) < 4.78 is 22.8. The lowest BCUT2D eigenvalue weighted by Gasteiger charge is -2.27. The molecule has 3 rings (SSSR count). The maximum atomic E-state index is 12.3. The van der Waals surface area contributed by atoms with E-state index < -0.39 is 9.84 Å². The van der Waals surface area contributed by atoms with Gasteiger partial charge >= 0.3 is 0 Å². The minimum Gasteiger partial charge on any atom is -0.384 e. The van der Waals surface area contributed by atoms with Gasteiger partial charge in [0.15, 0.2) is 9.84 Å². The molecular formula is C14H18N2O3S. The van der Waals surface area contributed by atoms with E-state index in [0.29, 0.717) is 19.5 Å². The molecule has 1 aromatic rings. The number of amides is 1. The van der Waals surface area contributed by atoms with E-state index in [1.54, 1.807) is 4.90 Å². The van der Waals surface area contributed by atoms with Crippen molar-refractivity contribution in [2.75, 3.05) is 36.5 Å². The van der Waals surface area contributed by atoms with Crippen molar-refractivity contribution in [1.82, 2.24) is 4.90 Å². The normalized spacial score (nSPS) is 24.0. The number of carbonyl (C=O) groups is 1. The minimum absolute atomic E-state index is 0.0587. The van der Waals surface area contributed by atoms with Crippen LogP contribution in [0.1, 0.15) is 17.9 Å². The molecule has 1 amide bonds. The summed E-state index contributed by atoms with van der Waals surface area (Å²) in [4.78, 5) is 14.0. The van der Waals surface area contributed by atoms with E-state index in [0.717, 1.165) is 12.2 Å². The molecule has 20 heavy (non-hydrogen) atoms. The summed E-state index contributed by atoms with van der Waals surface area (Å²) >= 11 is 0. The van der Waals surface area contributed by atoms with Crippen molar-refractivity contribution in [3.8, 4) is 0 Å². The smallest absolute Gasteiger partial charge is 0.223 e. The zero-order valence-electron chi connectivity index (χ0n) is 11.2. The summed E-state index contributed by atoms with van der Waals surface area (Å²) in [5, 5.41) is 3.30. The lowest BCUT2D eigenvalue weighted by atomic mass is 9.97. The first kappa shape index (κ1) is 13.4. The number of para-hydroxylation sites is 1. The molecule has 2 heterocycles. The second-order valence-corrected chi connectivity index (χ2v) is 7.71. The van der Waals surface area contributed by atoms with Crippen molar-refractivity contribution in [2.24, 2.45) is 0 Å². The quantitative estimate of drug-likeness (QED) is 0.878. The number of anilines is 1. The van der Waals surface area contributed by atoms with Gasteiger partial charge in [0.25, 0.3) is 0 Å². The predicted octanol–water partition coefficient (Wildman–Crippen LogP) is 0.843. The Balaban J connectivity index is 1.63. The monoisotopic (exact) mass is 294 g/mol. The van der Waals surface area contributed by atoms with E-state index in [1.165, 1.54) is 5.56 Å². The second kappa shape index (κ2) is 5.09. The molecule has 5 nitrogen and oxygen atoms in total. The van der Waals surface area contributed by atoms with E-state index in [4.69, 9.17) is 0 Å². The molecule has 0 radical (unpaired) electrons. The summed E-state index contributed by atoms with van der Waals surface area (Å²) in [5.41, 5.74) is 2.29. The molecular weight excluding hydrogens is 276 g/mol. The molecule has 6 heteroatoms. The highest BCUT2D eigenvalue weighted by molar-refractivity contribution is 7.91. The SMILES string of the molecule is O=C(CC1CNc2ccccc21)N1CCS(=O)(=O)CC1. The first-order valence-corrected chi connectivity index (χ1v) is 8.68. The molecule has 108 valence electrons. The highest BCUT2D eigenvalue weighted by Crippen LogP contribution is 2.33. The molecule has 0 aliphatic carbocycles. The van der Waals surface area contributed by atoms with E-state index >= 15 is 0 Å². The maximum absolute atomic E-state index is 12.3. The Morgan fingerprint density at radius 2 is 1.95 bits per heavy atom. The van der Waals surface area contributed by atoms with Gasteiger partial charge in [-0.25, -0.2) is 8.42 Å². The summed E-state index contributed by atoms with van der Waals surface area (Å²) in [6.45, 7) is 1.45. The molecule has 1 N–H and O–H groups in total. The first-order valence-electron chi connectivity index (χ1n) is 6.86. The number of sulfone groups is 1. The third-order valence-corrected chi connectivity index (χ3v) is 5.67. The van der Waals surface area contributed by atoms with Crippen LogP contribution in [0.4, 0.5) is 5.69 Å². The van der Waals surface area contributed by atoms with Gasteiger partial charge in [-0.3, -0.25) is 4.79 Å². The van der Waals surface area contributed by atoms with Crippen LogP contribution < -0.4 is 5.32 Å².